The van der Waals surface area contributed by atoms with Crippen LogP contribution < -0.4 is 15.4 Å². The van der Waals surface area contributed by atoms with Crippen LogP contribution in [0.25, 0.3) is 6.08 Å². The van der Waals surface area contributed by atoms with Crippen LogP contribution >= 0.6 is 11.8 Å². The Balaban J connectivity index is 1.31. The van der Waals surface area contributed by atoms with Gasteiger partial charge in [-0.1, -0.05) is 42.5 Å². The highest BCUT2D eigenvalue weighted by molar-refractivity contribution is 8.18. The third-order valence-electron chi connectivity index (χ3n) is 5.44. The van der Waals surface area contributed by atoms with E-state index in [9.17, 15) is 19.2 Å². The van der Waals surface area contributed by atoms with E-state index in [0.717, 1.165) is 27.8 Å². The lowest BCUT2D eigenvalue weighted by atomic mass is 10.2. The molecule has 0 spiro atoms. The first-order chi connectivity index (χ1) is 17.8. The maximum Gasteiger partial charge on any atom is 0.294 e. The summed E-state index contributed by atoms with van der Waals surface area (Å²) in [7, 11) is 0. The number of imide groups is 1. The molecule has 1 saturated heterocycles. The highest BCUT2D eigenvalue weighted by Crippen LogP contribution is 2.32. The lowest BCUT2D eigenvalue weighted by Crippen LogP contribution is -2.36. The van der Waals surface area contributed by atoms with Crippen molar-refractivity contribution in [1.29, 1.82) is 0 Å². The van der Waals surface area contributed by atoms with Crippen LogP contribution in [0.5, 0.6) is 5.75 Å². The lowest BCUT2D eigenvalue weighted by molar-refractivity contribution is -0.127. The van der Waals surface area contributed by atoms with Crippen LogP contribution in [0, 0.1) is 13.8 Å². The van der Waals surface area contributed by atoms with E-state index in [1.54, 1.807) is 48.5 Å². The number of amides is 4. The number of carbonyl (C=O) groups is 4. The number of nitrogens with zero attached hydrogens (tertiary/aromatic N) is 1. The Kier molecular flexibility index (Phi) is 8.05. The van der Waals surface area contributed by atoms with Crippen LogP contribution in [0.3, 0.4) is 0 Å². The second kappa shape index (κ2) is 11.6. The largest absolute Gasteiger partial charge is 0.484 e. The molecule has 4 amide bonds. The number of ether oxygens (including phenoxy) is 1. The molecule has 1 aliphatic heterocycles. The molecule has 37 heavy (non-hydrogen) atoms. The van der Waals surface area contributed by atoms with E-state index in [0.29, 0.717) is 22.7 Å². The van der Waals surface area contributed by atoms with E-state index >= 15 is 0 Å². The summed E-state index contributed by atoms with van der Waals surface area (Å²) in [6.07, 6.45) is 1.58. The molecular weight excluding hydrogens is 490 g/mol. The van der Waals surface area contributed by atoms with Crippen molar-refractivity contribution in [1.82, 2.24) is 4.90 Å². The highest BCUT2D eigenvalue weighted by Gasteiger charge is 2.36. The second-order valence-electron chi connectivity index (χ2n) is 8.41. The van der Waals surface area contributed by atoms with Gasteiger partial charge in [-0.25, -0.2) is 0 Å². The highest BCUT2D eigenvalue weighted by atomic mass is 32.2. The van der Waals surface area contributed by atoms with Gasteiger partial charge in [0, 0.05) is 11.4 Å². The molecule has 188 valence electrons. The molecule has 3 aromatic carbocycles. The zero-order chi connectivity index (χ0) is 26.4. The van der Waals surface area contributed by atoms with Crippen LogP contribution in [0.15, 0.2) is 77.7 Å². The quantitative estimate of drug-likeness (QED) is 0.409. The summed E-state index contributed by atoms with van der Waals surface area (Å²) in [6.45, 7) is 3.27. The number of benzene rings is 3. The van der Waals surface area contributed by atoms with Gasteiger partial charge < -0.3 is 15.4 Å². The molecule has 1 aliphatic rings. The normalized spacial score (nSPS) is 14.1. The molecule has 0 radical (unpaired) electrons. The van der Waals surface area contributed by atoms with Gasteiger partial charge in [0.1, 0.15) is 12.3 Å². The van der Waals surface area contributed by atoms with Crippen molar-refractivity contribution in [3.63, 3.8) is 0 Å². The van der Waals surface area contributed by atoms with Crippen LogP contribution in [-0.2, 0) is 14.4 Å². The molecule has 0 bridgehead atoms. The minimum absolute atomic E-state index is 0.156. The number of nitrogens with one attached hydrogen (secondary N) is 2. The molecule has 0 aliphatic carbocycles. The van der Waals surface area contributed by atoms with Crippen molar-refractivity contribution in [3.8, 4) is 5.75 Å². The average Bonchev–Trinajstić information content (AvgIpc) is 3.12. The van der Waals surface area contributed by atoms with Crippen molar-refractivity contribution in [2.24, 2.45) is 0 Å². The first-order valence-corrected chi connectivity index (χ1v) is 12.3. The van der Waals surface area contributed by atoms with Crippen LogP contribution in [-0.4, -0.2) is 41.0 Å². The fraction of sp³-hybridized carbons (Fsp3) is 0.143. The van der Waals surface area contributed by atoms with E-state index in [1.807, 2.05) is 44.2 Å². The summed E-state index contributed by atoms with van der Waals surface area (Å²) in [4.78, 5) is 50.8. The van der Waals surface area contributed by atoms with Gasteiger partial charge in [0.05, 0.1) is 4.91 Å². The molecule has 0 saturated carbocycles. The predicted molar refractivity (Wildman–Crippen MR) is 144 cm³/mol. The Hall–Kier alpha value is -4.37. The molecule has 0 unspecified atom stereocenters. The summed E-state index contributed by atoms with van der Waals surface area (Å²) in [5, 5.41) is 5.00. The number of hydrogen-bond acceptors (Lipinski definition) is 6. The molecule has 0 atom stereocenters. The summed E-state index contributed by atoms with van der Waals surface area (Å²) in [6, 6.07) is 21.5. The summed E-state index contributed by atoms with van der Waals surface area (Å²) >= 11 is 0.783. The zero-order valence-electron chi connectivity index (χ0n) is 20.3. The van der Waals surface area contributed by atoms with Crippen molar-refractivity contribution in [2.45, 2.75) is 13.8 Å². The van der Waals surface area contributed by atoms with Gasteiger partial charge in [-0.05, 0) is 78.7 Å². The molecule has 1 fully saturated rings. The Bertz CT molecular complexity index is 1380. The van der Waals surface area contributed by atoms with Crippen molar-refractivity contribution >= 4 is 52.2 Å². The van der Waals surface area contributed by atoms with Gasteiger partial charge in [-0.2, -0.15) is 0 Å². The minimum Gasteiger partial charge on any atom is -0.484 e. The minimum atomic E-state index is -0.525. The van der Waals surface area contributed by atoms with Gasteiger partial charge in [-0.15, -0.1) is 0 Å². The van der Waals surface area contributed by atoms with E-state index < -0.39 is 17.1 Å². The van der Waals surface area contributed by atoms with Crippen LogP contribution in [0.2, 0.25) is 0 Å². The van der Waals surface area contributed by atoms with Crippen molar-refractivity contribution < 1.29 is 23.9 Å². The average molecular weight is 516 g/mol. The summed E-state index contributed by atoms with van der Waals surface area (Å²) in [5.74, 6) is -0.777. The molecule has 1 heterocycles. The number of para-hydroxylation sites is 1. The molecule has 9 heteroatoms. The third kappa shape index (κ3) is 6.86. The Labute approximate surface area is 218 Å². The Morgan fingerprint density at radius 3 is 2.41 bits per heavy atom. The van der Waals surface area contributed by atoms with Gasteiger partial charge in [0.25, 0.3) is 17.1 Å². The SMILES string of the molecule is Cc1cccc(NC(=O)COc2ccc(/C=C3/SC(=O)N(CC(=O)Nc4ccccc4C)C3=O)cc2)c1. The standard InChI is InChI=1S/C28H25N3O5S/c1-18-6-5-8-21(14-18)29-26(33)17-36-22-12-10-20(11-13-22)15-24-27(34)31(28(35)37-24)16-25(32)30-23-9-4-3-7-19(23)2/h3-15H,16-17H2,1-2H3,(H,29,33)(H,30,32)/b24-15+. The zero-order valence-corrected chi connectivity index (χ0v) is 21.1. The predicted octanol–water partition coefficient (Wildman–Crippen LogP) is 5.00. The lowest BCUT2D eigenvalue weighted by Gasteiger charge is -2.13. The number of anilines is 2. The van der Waals surface area contributed by atoms with E-state index in [1.165, 1.54) is 0 Å². The van der Waals surface area contributed by atoms with Gasteiger partial charge >= 0.3 is 0 Å². The number of aryl methyl sites for hydroxylation is 2. The molecule has 2 N–H and O–H groups in total. The number of hydrogen-bond donors (Lipinski definition) is 2. The molecule has 3 aromatic rings. The first kappa shape index (κ1) is 25.7. The van der Waals surface area contributed by atoms with Gasteiger partial charge in [0.2, 0.25) is 5.91 Å². The van der Waals surface area contributed by atoms with Crippen molar-refractivity contribution in [3.05, 3.63) is 94.4 Å². The first-order valence-electron chi connectivity index (χ1n) is 11.5. The third-order valence-corrected chi connectivity index (χ3v) is 6.35. The second-order valence-corrected chi connectivity index (χ2v) is 9.40. The maximum absolute atomic E-state index is 12.8. The number of thioether (sulfide) groups is 1. The number of carbonyl (C=O) groups excluding carboxylic acids is 4. The van der Waals surface area contributed by atoms with E-state index in [-0.39, 0.29) is 24.0 Å². The number of rotatable bonds is 8. The summed E-state index contributed by atoms with van der Waals surface area (Å²) in [5.41, 5.74) is 3.92. The van der Waals surface area contributed by atoms with E-state index in [4.69, 9.17) is 4.74 Å². The molecular formula is C28H25N3O5S. The van der Waals surface area contributed by atoms with Crippen LogP contribution in [0.1, 0.15) is 16.7 Å². The molecule has 8 nitrogen and oxygen atoms in total. The van der Waals surface area contributed by atoms with Gasteiger partial charge in [-0.3, -0.25) is 24.1 Å². The smallest absolute Gasteiger partial charge is 0.294 e. The summed E-state index contributed by atoms with van der Waals surface area (Å²) < 4.78 is 5.54. The monoisotopic (exact) mass is 515 g/mol. The Morgan fingerprint density at radius 2 is 1.68 bits per heavy atom. The fourth-order valence-electron chi connectivity index (χ4n) is 3.56. The fourth-order valence-corrected chi connectivity index (χ4v) is 4.40. The van der Waals surface area contributed by atoms with Crippen LogP contribution in [0.4, 0.5) is 16.2 Å². The maximum atomic E-state index is 12.8. The topological polar surface area (TPSA) is 105 Å². The molecule has 4 rings (SSSR count). The van der Waals surface area contributed by atoms with E-state index in [2.05, 4.69) is 10.6 Å². The van der Waals surface area contributed by atoms with Crippen molar-refractivity contribution in [2.75, 3.05) is 23.8 Å². The Morgan fingerprint density at radius 1 is 0.919 bits per heavy atom. The molecule has 0 aromatic heterocycles. The van der Waals surface area contributed by atoms with Gasteiger partial charge in [0.15, 0.2) is 6.61 Å².